The molecule has 0 saturated heterocycles. The van der Waals surface area contributed by atoms with Gasteiger partial charge < -0.3 is 19.6 Å². The molecule has 11 aromatic carbocycles. The summed E-state index contributed by atoms with van der Waals surface area (Å²) in [6, 6.07) is 79.7. The van der Waals surface area contributed by atoms with Crippen LogP contribution in [0.5, 0.6) is 0 Å². The highest BCUT2D eigenvalue weighted by Gasteiger charge is 2.49. The summed E-state index contributed by atoms with van der Waals surface area (Å²) in [7, 11) is 0. The molecule has 0 N–H and O–H groups in total. The average Bonchev–Trinajstić information content (AvgIpc) is 1.01. The van der Waals surface area contributed by atoms with Crippen molar-refractivity contribution in [2.75, 3.05) is 19.6 Å². The van der Waals surface area contributed by atoms with E-state index in [0.29, 0.717) is 0 Å². The van der Waals surface area contributed by atoms with Crippen LogP contribution in [0.15, 0.2) is 206 Å². The van der Waals surface area contributed by atoms with Crippen molar-refractivity contribution in [1.82, 2.24) is 0 Å². The fourth-order valence-corrected chi connectivity index (χ4v) is 14.6. The Bertz CT molecular complexity index is 4420. The third kappa shape index (κ3) is 7.53. The molecule has 4 aliphatic rings. The first kappa shape index (κ1) is 49.8. The quantitative estimate of drug-likeness (QED) is 0.154. The third-order valence-corrected chi connectivity index (χ3v) is 18.4. The van der Waals surface area contributed by atoms with Crippen molar-refractivity contribution in [3.8, 4) is 22.3 Å². The molecule has 0 saturated carbocycles. The maximum Gasteiger partial charge on any atom is 0.252 e. The number of rotatable bonds is 6. The summed E-state index contributed by atoms with van der Waals surface area (Å²) >= 11 is 0. The number of anilines is 12. The molecule has 0 bridgehead atoms. The number of hydrogen-bond donors (Lipinski definition) is 0. The van der Waals surface area contributed by atoms with Crippen molar-refractivity contribution in [2.24, 2.45) is 0 Å². The van der Waals surface area contributed by atoms with Crippen LogP contribution in [0.2, 0.25) is 0 Å². The van der Waals surface area contributed by atoms with E-state index >= 15 is 0 Å². The van der Waals surface area contributed by atoms with E-state index < -0.39 is 0 Å². The highest BCUT2D eigenvalue weighted by Crippen LogP contribution is 2.51. The highest BCUT2D eigenvalue weighted by atomic mass is 15.2. The first-order valence-corrected chi connectivity index (χ1v) is 29.1. The second kappa shape index (κ2) is 18.7. The number of nitrogens with zero attached hydrogens (tertiary/aromatic N) is 4. The monoisotopic (exact) mass is 1050 g/mol. The van der Waals surface area contributed by atoms with E-state index in [1.165, 1.54) is 156 Å². The number of benzene rings is 11. The van der Waals surface area contributed by atoms with Crippen LogP contribution in [0.1, 0.15) is 55.6 Å². The maximum absolute atomic E-state index is 2.67. The Balaban J connectivity index is 1.10. The molecular formula is C76H64B2N4. The van der Waals surface area contributed by atoms with E-state index in [4.69, 9.17) is 0 Å². The van der Waals surface area contributed by atoms with Gasteiger partial charge in [-0.15, -0.1) is 0 Å². The second-order valence-corrected chi connectivity index (χ2v) is 24.0. The predicted molar refractivity (Wildman–Crippen MR) is 353 cm³/mol. The minimum atomic E-state index is -0.0975. The van der Waals surface area contributed by atoms with Crippen molar-refractivity contribution in [3.63, 3.8) is 0 Å². The number of aryl methyl sites for hydroxylation is 10. The summed E-state index contributed by atoms with van der Waals surface area (Å²) < 4.78 is 0. The van der Waals surface area contributed by atoms with Gasteiger partial charge in [0.15, 0.2) is 0 Å². The first-order valence-electron chi connectivity index (χ1n) is 29.1. The SMILES string of the molecule is Cc1ccc(N2c3ccc(C)cc3B3c4cc5c(cc4N(c4ccc(C)cc4)c4cc(-c6c(C)cccc6C)cc2c43)N(c2ccc(C)cc2)c2cc(-c3c(C)cccc3C)cc3c2B5c2c(C)cccc2N3c2ccc(C)cc2)cc1. The molecule has 0 spiro atoms. The van der Waals surface area contributed by atoms with Gasteiger partial charge in [0.2, 0.25) is 0 Å². The van der Waals surface area contributed by atoms with Gasteiger partial charge >= 0.3 is 0 Å². The van der Waals surface area contributed by atoms with Crippen LogP contribution < -0.4 is 52.4 Å². The Labute approximate surface area is 484 Å². The fraction of sp³-hybridized carbons (Fsp3) is 0.132. The molecule has 15 rings (SSSR count). The van der Waals surface area contributed by atoms with E-state index in [2.05, 4.69) is 295 Å². The van der Waals surface area contributed by atoms with Crippen LogP contribution in [0, 0.1) is 69.2 Å². The van der Waals surface area contributed by atoms with Gasteiger partial charge in [-0.3, -0.25) is 0 Å². The zero-order chi connectivity index (χ0) is 56.0. The number of hydrogen-bond acceptors (Lipinski definition) is 4. The topological polar surface area (TPSA) is 13.0 Å². The molecule has 0 atom stereocenters. The normalized spacial score (nSPS) is 13.3. The lowest BCUT2D eigenvalue weighted by atomic mass is 9.30. The lowest BCUT2D eigenvalue weighted by Gasteiger charge is -2.48. The third-order valence-electron chi connectivity index (χ3n) is 18.4. The Hall–Kier alpha value is -9.25. The van der Waals surface area contributed by atoms with Crippen LogP contribution >= 0.6 is 0 Å². The molecule has 0 aromatic heterocycles. The zero-order valence-electron chi connectivity index (χ0n) is 48.6. The molecule has 4 heterocycles. The molecule has 394 valence electrons. The van der Waals surface area contributed by atoms with Gasteiger partial charge in [-0.05, 0) is 238 Å². The van der Waals surface area contributed by atoms with E-state index in [1.807, 2.05) is 0 Å². The van der Waals surface area contributed by atoms with Crippen LogP contribution in [-0.4, -0.2) is 13.4 Å². The molecule has 0 radical (unpaired) electrons. The Kier molecular flexibility index (Phi) is 11.3. The molecule has 0 amide bonds. The first-order chi connectivity index (χ1) is 39.8. The van der Waals surface area contributed by atoms with Gasteiger partial charge in [-0.2, -0.15) is 0 Å². The van der Waals surface area contributed by atoms with Gasteiger partial charge in [0, 0.05) is 68.2 Å². The summed E-state index contributed by atoms with van der Waals surface area (Å²) in [6.07, 6.45) is 0. The van der Waals surface area contributed by atoms with Crippen molar-refractivity contribution in [2.45, 2.75) is 69.2 Å². The molecule has 4 nitrogen and oxygen atoms in total. The van der Waals surface area contributed by atoms with Crippen molar-refractivity contribution in [1.29, 1.82) is 0 Å². The standard InChI is InChI=1S/C76H64B2N4/c1-45-20-29-57(30-21-45)79-64-37-28-49(5)38-61(64)77-62-43-63-67(44-66(62)81(59-33-24-47(3)25-34-59)69-40-55(39-68(79)75(69)77)72-50(6)14-11-15-51(72)7)82(60-35-26-48(4)27-36-60)71-42-56(73-52(8)16-12-17-53(73)9)41-70-76(71)78(63)74-54(10)18-13-19-65(74)80(70)58-31-22-46(2)23-32-58/h11-44H,1-10H3. The summed E-state index contributed by atoms with van der Waals surface area (Å²) in [5.74, 6) is 0. The molecule has 0 aliphatic carbocycles. The molecule has 0 unspecified atom stereocenters. The van der Waals surface area contributed by atoms with Gasteiger partial charge in [-0.1, -0.05) is 149 Å². The summed E-state index contributed by atoms with van der Waals surface area (Å²) in [5.41, 5.74) is 39.6. The van der Waals surface area contributed by atoms with Crippen molar-refractivity contribution in [3.05, 3.63) is 262 Å². The van der Waals surface area contributed by atoms with Gasteiger partial charge in [0.05, 0.1) is 0 Å². The molecule has 11 aromatic rings. The Morgan fingerprint density at radius 2 is 0.561 bits per heavy atom. The van der Waals surface area contributed by atoms with Gasteiger partial charge in [0.25, 0.3) is 13.4 Å². The zero-order valence-corrected chi connectivity index (χ0v) is 48.6. The summed E-state index contributed by atoms with van der Waals surface area (Å²) in [4.78, 5) is 10.4. The van der Waals surface area contributed by atoms with Crippen LogP contribution in [0.3, 0.4) is 0 Å². The lowest BCUT2D eigenvalue weighted by Crippen LogP contribution is -2.65. The molecular weight excluding hydrogens is 990 g/mol. The summed E-state index contributed by atoms with van der Waals surface area (Å²) in [6.45, 7) is 22.3. The van der Waals surface area contributed by atoms with Crippen molar-refractivity contribution < 1.29 is 0 Å². The Morgan fingerprint density at radius 1 is 0.232 bits per heavy atom. The highest BCUT2D eigenvalue weighted by molar-refractivity contribution is 7.03. The predicted octanol–water partition coefficient (Wildman–Crippen LogP) is 16.3. The van der Waals surface area contributed by atoms with E-state index in [-0.39, 0.29) is 13.4 Å². The largest absolute Gasteiger partial charge is 0.311 e. The van der Waals surface area contributed by atoms with Gasteiger partial charge in [0.1, 0.15) is 0 Å². The minimum absolute atomic E-state index is 0.0957. The second-order valence-electron chi connectivity index (χ2n) is 24.0. The smallest absolute Gasteiger partial charge is 0.252 e. The van der Waals surface area contributed by atoms with Crippen LogP contribution in [-0.2, 0) is 0 Å². The van der Waals surface area contributed by atoms with Crippen LogP contribution in [0.25, 0.3) is 22.3 Å². The fourth-order valence-electron chi connectivity index (χ4n) is 14.6. The van der Waals surface area contributed by atoms with Crippen molar-refractivity contribution >= 4 is 114 Å². The molecule has 4 aliphatic heterocycles. The van der Waals surface area contributed by atoms with E-state index in [1.54, 1.807) is 0 Å². The number of fused-ring (bicyclic) bond motifs is 8. The van der Waals surface area contributed by atoms with Crippen LogP contribution in [0.4, 0.5) is 68.2 Å². The van der Waals surface area contributed by atoms with Gasteiger partial charge in [-0.25, -0.2) is 0 Å². The average molecular weight is 1050 g/mol. The minimum Gasteiger partial charge on any atom is -0.311 e. The lowest BCUT2D eigenvalue weighted by molar-refractivity contribution is 1.22. The molecule has 0 fully saturated rings. The molecule has 6 heteroatoms. The molecule has 82 heavy (non-hydrogen) atoms. The summed E-state index contributed by atoms with van der Waals surface area (Å²) in [5, 5.41) is 0. The Morgan fingerprint density at radius 3 is 0.988 bits per heavy atom. The maximum atomic E-state index is 2.67. The van der Waals surface area contributed by atoms with E-state index in [0.717, 1.165) is 22.7 Å². The van der Waals surface area contributed by atoms with E-state index in [9.17, 15) is 0 Å².